The number of rotatable bonds is 5. The van der Waals surface area contributed by atoms with Crippen LogP contribution in [0.2, 0.25) is 0 Å². The van der Waals surface area contributed by atoms with Gasteiger partial charge in [0.25, 0.3) is 0 Å². The highest BCUT2D eigenvalue weighted by Gasteiger charge is 2.30. The minimum absolute atomic E-state index is 0.0361. The van der Waals surface area contributed by atoms with Crippen molar-refractivity contribution < 1.29 is 18.3 Å². The largest absolute Gasteiger partial charge is 0.416 e. The van der Waals surface area contributed by atoms with Crippen molar-refractivity contribution in [3.05, 3.63) is 35.4 Å². The summed E-state index contributed by atoms with van der Waals surface area (Å²) in [5.41, 5.74) is 0.163. The zero-order valence-electron chi connectivity index (χ0n) is 10.5. The predicted octanol–water partition coefficient (Wildman–Crippen LogP) is 3.13. The second-order valence-electron chi connectivity index (χ2n) is 4.43. The zero-order valence-corrected chi connectivity index (χ0v) is 10.5. The normalized spacial score (nSPS) is 15.4. The van der Waals surface area contributed by atoms with Crippen LogP contribution in [-0.2, 0) is 6.18 Å². The Bertz CT molecular complexity index is 359. The summed E-state index contributed by atoms with van der Waals surface area (Å²) in [6, 6.07) is 5.09. The Kier molecular flexibility index (Phi) is 5.16. The fourth-order valence-corrected chi connectivity index (χ4v) is 1.59. The van der Waals surface area contributed by atoms with Gasteiger partial charge in [0.05, 0.1) is 11.7 Å². The first-order chi connectivity index (χ1) is 8.30. The summed E-state index contributed by atoms with van der Waals surface area (Å²) in [5, 5.41) is 12.2. The molecule has 0 fully saturated rings. The van der Waals surface area contributed by atoms with E-state index in [0.717, 1.165) is 17.7 Å². The van der Waals surface area contributed by atoms with Crippen LogP contribution in [0, 0.1) is 0 Å². The van der Waals surface area contributed by atoms with E-state index in [1.807, 2.05) is 6.92 Å². The molecule has 2 unspecified atom stereocenters. The smallest absolute Gasteiger partial charge is 0.393 e. The summed E-state index contributed by atoms with van der Waals surface area (Å²) in [6.45, 7) is 4.20. The van der Waals surface area contributed by atoms with E-state index in [2.05, 4.69) is 5.32 Å². The molecule has 0 aromatic heterocycles. The number of alkyl halides is 3. The van der Waals surface area contributed by atoms with Crippen LogP contribution < -0.4 is 5.32 Å². The summed E-state index contributed by atoms with van der Waals surface area (Å²) < 4.78 is 37.1. The summed E-state index contributed by atoms with van der Waals surface area (Å²) in [7, 11) is 0. The van der Waals surface area contributed by atoms with Crippen LogP contribution in [0.5, 0.6) is 0 Å². The van der Waals surface area contributed by atoms with Gasteiger partial charge in [0, 0.05) is 6.04 Å². The van der Waals surface area contributed by atoms with E-state index in [9.17, 15) is 13.2 Å². The Morgan fingerprint density at radius 1 is 1.17 bits per heavy atom. The van der Waals surface area contributed by atoms with Gasteiger partial charge in [-0.3, -0.25) is 0 Å². The molecular weight excluding hydrogens is 243 g/mol. The van der Waals surface area contributed by atoms with Crippen molar-refractivity contribution in [2.24, 2.45) is 0 Å². The highest BCUT2D eigenvalue weighted by atomic mass is 19.4. The maximum Gasteiger partial charge on any atom is 0.416 e. The number of nitrogens with one attached hydrogen (secondary N) is 1. The van der Waals surface area contributed by atoms with E-state index in [1.165, 1.54) is 12.1 Å². The van der Waals surface area contributed by atoms with Gasteiger partial charge in [-0.15, -0.1) is 0 Å². The lowest BCUT2D eigenvalue weighted by atomic mass is 10.1. The monoisotopic (exact) mass is 261 g/mol. The first kappa shape index (κ1) is 15.0. The molecule has 102 valence electrons. The Balaban J connectivity index is 2.56. The van der Waals surface area contributed by atoms with Gasteiger partial charge in [-0.05, 0) is 44.5 Å². The third kappa shape index (κ3) is 4.66. The maximum absolute atomic E-state index is 12.4. The highest BCUT2D eigenvalue weighted by molar-refractivity contribution is 5.26. The molecule has 2 atom stereocenters. The first-order valence-electron chi connectivity index (χ1n) is 5.89. The quantitative estimate of drug-likeness (QED) is 0.853. The molecule has 0 aliphatic carbocycles. The van der Waals surface area contributed by atoms with E-state index < -0.39 is 11.7 Å². The van der Waals surface area contributed by atoms with Gasteiger partial charge in [0.15, 0.2) is 0 Å². The topological polar surface area (TPSA) is 32.3 Å². The lowest BCUT2D eigenvalue weighted by molar-refractivity contribution is -0.137. The average molecular weight is 261 g/mol. The molecule has 0 aliphatic heterocycles. The van der Waals surface area contributed by atoms with E-state index >= 15 is 0 Å². The second kappa shape index (κ2) is 6.20. The molecule has 0 bridgehead atoms. The molecule has 0 amide bonds. The number of aliphatic hydroxyl groups is 1. The van der Waals surface area contributed by atoms with Crippen molar-refractivity contribution in [2.45, 2.75) is 38.6 Å². The average Bonchev–Trinajstić information content (AvgIpc) is 2.27. The third-order valence-electron chi connectivity index (χ3n) is 2.75. The number of benzene rings is 1. The molecule has 0 heterocycles. The number of aliphatic hydroxyl groups excluding tert-OH is 1. The molecule has 1 aromatic rings. The van der Waals surface area contributed by atoms with Gasteiger partial charge in [-0.1, -0.05) is 12.1 Å². The van der Waals surface area contributed by atoms with E-state index in [1.54, 1.807) is 6.92 Å². The van der Waals surface area contributed by atoms with Gasteiger partial charge in [0.1, 0.15) is 0 Å². The Morgan fingerprint density at radius 3 is 2.17 bits per heavy atom. The molecule has 5 heteroatoms. The Morgan fingerprint density at radius 2 is 1.72 bits per heavy atom. The van der Waals surface area contributed by atoms with Crippen LogP contribution in [0.25, 0.3) is 0 Å². The van der Waals surface area contributed by atoms with Gasteiger partial charge in [0.2, 0.25) is 0 Å². The van der Waals surface area contributed by atoms with Gasteiger partial charge >= 0.3 is 6.18 Å². The molecule has 0 radical (unpaired) electrons. The van der Waals surface area contributed by atoms with Crippen molar-refractivity contribution >= 4 is 0 Å². The Hall–Kier alpha value is -1.07. The minimum atomic E-state index is -4.29. The fraction of sp³-hybridized carbons (Fsp3) is 0.538. The molecule has 0 spiro atoms. The van der Waals surface area contributed by atoms with Gasteiger partial charge in [-0.2, -0.15) is 13.2 Å². The molecule has 2 nitrogen and oxygen atoms in total. The van der Waals surface area contributed by atoms with Crippen molar-refractivity contribution in [3.8, 4) is 0 Å². The van der Waals surface area contributed by atoms with Crippen LogP contribution in [-0.4, -0.2) is 17.8 Å². The van der Waals surface area contributed by atoms with Gasteiger partial charge in [-0.25, -0.2) is 0 Å². The SMILES string of the molecule is CC(O)CCNC(C)c1ccc(C(F)(F)F)cc1. The van der Waals surface area contributed by atoms with Gasteiger partial charge < -0.3 is 10.4 Å². The summed E-state index contributed by atoms with van der Waals surface area (Å²) >= 11 is 0. The molecule has 1 aromatic carbocycles. The van der Waals surface area contributed by atoms with Crippen molar-refractivity contribution in [3.63, 3.8) is 0 Å². The number of hydrogen-bond acceptors (Lipinski definition) is 2. The number of hydrogen-bond donors (Lipinski definition) is 2. The van der Waals surface area contributed by atoms with Crippen molar-refractivity contribution in [1.82, 2.24) is 5.32 Å². The summed E-state index contributed by atoms with van der Waals surface area (Å²) in [5.74, 6) is 0. The number of halogens is 3. The van der Waals surface area contributed by atoms with Crippen molar-refractivity contribution in [2.75, 3.05) is 6.54 Å². The van der Waals surface area contributed by atoms with E-state index in [0.29, 0.717) is 13.0 Å². The first-order valence-corrected chi connectivity index (χ1v) is 5.89. The summed E-state index contributed by atoms with van der Waals surface area (Å²) in [4.78, 5) is 0. The predicted molar refractivity (Wildman–Crippen MR) is 64.2 cm³/mol. The van der Waals surface area contributed by atoms with Crippen LogP contribution >= 0.6 is 0 Å². The van der Waals surface area contributed by atoms with Crippen LogP contribution in [0.1, 0.15) is 37.4 Å². The molecule has 18 heavy (non-hydrogen) atoms. The minimum Gasteiger partial charge on any atom is -0.393 e. The lowest BCUT2D eigenvalue weighted by Crippen LogP contribution is -2.22. The zero-order chi connectivity index (χ0) is 13.8. The van der Waals surface area contributed by atoms with Crippen LogP contribution in [0.3, 0.4) is 0 Å². The molecule has 0 saturated heterocycles. The fourth-order valence-electron chi connectivity index (χ4n) is 1.59. The molecular formula is C13H18F3NO. The van der Waals surface area contributed by atoms with E-state index in [-0.39, 0.29) is 12.1 Å². The molecule has 1 rings (SSSR count). The Labute approximate surface area is 105 Å². The lowest BCUT2D eigenvalue weighted by Gasteiger charge is -2.16. The molecule has 2 N–H and O–H groups in total. The van der Waals surface area contributed by atoms with Crippen LogP contribution in [0.15, 0.2) is 24.3 Å². The third-order valence-corrected chi connectivity index (χ3v) is 2.75. The van der Waals surface area contributed by atoms with E-state index in [4.69, 9.17) is 5.11 Å². The maximum atomic E-state index is 12.4. The van der Waals surface area contributed by atoms with Crippen LogP contribution in [0.4, 0.5) is 13.2 Å². The molecule has 0 saturated carbocycles. The summed E-state index contributed by atoms with van der Waals surface area (Å²) in [6.07, 6.45) is -4.05. The molecule has 0 aliphatic rings. The van der Waals surface area contributed by atoms with Crippen molar-refractivity contribution in [1.29, 1.82) is 0 Å². The highest BCUT2D eigenvalue weighted by Crippen LogP contribution is 2.29. The standard InChI is InChI=1S/C13H18F3NO/c1-9(18)7-8-17-10(2)11-3-5-12(6-4-11)13(14,15)16/h3-6,9-10,17-18H,7-8H2,1-2H3. The second-order valence-corrected chi connectivity index (χ2v) is 4.43.